The number of halogens is 3. The molecule has 5 nitrogen and oxygen atoms in total. The maximum Gasteiger partial charge on any atom is 0.243 e. The molecule has 0 fully saturated rings. The second-order valence-corrected chi connectivity index (χ2v) is 9.87. The molecule has 0 bridgehead atoms. The third-order valence-electron chi connectivity index (χ3n) is 4.26. The number of hydrogen-bond acceptors (Lipinski definition) is 4. The second kappa shape index (κ2) is 11.0. The number of thioether (sulfide) groups is 1. The zero-order valence-corrected chi connectivity index (χ0v) is 19.0. The van der Waals surface area contributed by atoms with Gasteiger partial charge in [0.2, 0.25) is 15.9 Å². The smallest absolute Gasteiger partial charge is 0.243 e. The number of sulfonamides is 1. The first-order chi connectivity index (χ1) is 14.1. The van der Waals surface area contributed by atoms with Gasteiger partial charge in [0.25, 0.3) is 0 Å². The molecule has 10 heteroatoms. The van der Waals surface area contributed by atoms with Crippen molar-refractivity contribution in [3.05, 3.63) is 64.7 Å². The Kier molecular flexibility index (Phi) is 8.93. The second-order valence-electron chi connectivity index (χ2n) is 6.50. The summed E-state index contributed by atoms with van der Waals surface area (Å²) in [5.41, 5.74) is 0.617. The highest BCUT2D eigenvalue weighted by Gasteiger charge is 2.31. The van der Waals surface area contributed by atoms with Gasteiger partial charge >= 0.3 is 0 Å². The van der Waals surface area contributed by atoms with Gasteiger partial charge in [0.05, 0.1) is 11.9 Å². The Morgan fingerprint density at radius 3 is 2.43 bits per heavy atom. The number of benzene rings is 2. The molecule has 30 heavy (non-hydrogen) atoms. The summed E-state index contributed by atoms with van der Waals surface area (Å²) in [7, 11) is -3.78. The fraction of sp³-hybridized carbons (Fsp3) is 0.350. The van der Waals surface area contributed by atoms with Crippen molar-refractivity contribution in [2.75, 3.05) is 22.9 Å². The number of nitrogens with zero attached hydrogens (tertiary/aromatic N) is 1. The number of anilines is 1. The largest absolute Gasteiger partial charge is 0.353 e. The first kappa shape index (κ1) is 24.4. The van der Waals surface area contributed by atoms with Gasteiger partial charge in [-0.2, -0.15) is 11.8 Å². The molecule has 2 aromatic carbocycles. The maximum absolute atomic E-state index is 13.8. The molecule has 164 valence electrons. The molecule has 0 radical (unpaired) electrons. The first-order valence-electron chi connectivity index (χ1n) is 9.18. The number of hydrogen-bond donors (Lipinski definition) is 1. The number of nitrogens with one attached hydrogen (secondary N) is 1. The lowest BCUT2D eigenvalue weighted by atomic mass is 10.2. The predicted octanol–water partition coefficient (Wildman–Crippen LogP) is 4.21. The Labute approximate surface area is 184 Å². The quantitative estimate of drug-likeness (QED) is 0.521. The summed E-state index contributed by atoms with van der Waals surface area (Å²) in [5.74, 6) is -0.507. The lowest BCUT2D eigenvalue weighted by Gasteiger charge is -2.30. The van der Waals surface area contributed by atoms with Gasteiger partial charge in [-0.15, -0.1) is 0 Å². The minimum Gasteiger partial charge on any atom is -0.353 e. The van der Waals surface area contributed by atoms with E-state index < -0.39 is 27.8 Å². The van der Waals surface area contributed by atoms with Crippen LogP contribution in [0.15, 0.2) is 42.5 Å². The van der Waals surface area contributed by atoms with Crippen LogP contribution < -0.4 is 9.62 Å². The average Bonchev–Trinajstić information content (AvgIpc) is 2.67. The Balaban J connectivity index is 1.98. The number of carbonyl (C=O) groups is 1. The van der Waals surface area contributed by atoms with E-state index >= 15 is 0 Å². The first-order valence-corrected chi connectivity index (χ1v) is 12.6. The van der Waals surface area contributed by atoms with Crippen LogP contribution >= 0.6 is 23.4 Å². The number of carbonyl (C=O) groups excluding carboxylic acids is 1. The highest BCUT2D eigenvalue weighted by Crippen LogP contribution is 2.24. The van der Waals surface area contributed by atoms with Crippen molar-refractivity contribution in [1.29, 1.82) is 0 Å². The van der Waals surface area contributed by atoms with Crippen LogP contribution in [-0.4, -0.2) is 38.9 Å². The van der Waals surface area contributed by atoms with Crippen molar-refractivity contribution in [1.82, 2.24) is 5.32 Å². The van der Waals surface area contributed by atoms with E-state index in [2.05, 4.69) is 5.32 Å². The Morgan fingerprint density at radius 1 is 1.20 bits per heavy atom. The van der Waals surface area contributed by atoms with E-state index in [0.29, 0.717) is 22.1 Å². The van der Waals surface area contributed by atoms with E-state index in [1.807, 2.05) is 0 Å². The van der Waals surface area contributed by atoms with Crippen LogP contribution in [0.3, 0.4) is 0 Å². The van der Waals surface area contributed by atoms with Gasteiger partial charge in [-0.05, 0) is 42.8 Å². The standard InChI is InChI=1S/C20H23ClF2N2O3S2/c1-3-19(25(30(2,27)28)15-9-7-14(22)8-10-15)20(26)24-11-12-29-13-16-17(21)5-4-6-18(16)23/h4-10,19H,3,11-13H2,1-2H3,(H,24,26)/t19-/m0/s1. The van der Waals surface area contributed by atoms with Crippen molar-refractivity contribution in [2.45, 2.75) is 25.1 Å². The van der Waals surface area contributed by atoms with E-state index in [0.717, 1.165) is 22.7 Å². The van der Waals surface area contributed by atoms with Gasteiger partial charge in [-0.3, -0.25) is 9.10 Å². The van der Waals surface area contributed by atoms with Crippen LogP contribution in [0.5, 0.6) is 0 Å². The molecule has 0 aliphatic carbocycles. The minimum atomic E-state index is -3.78. The van der Waals surface area contributed by atoms with Gasteiger partial charge in [0, 0.05) is 28.6 Å². The molecule has 0 spiro atoms. The van der Waals surface area contributed by atoms with Crippen LogP contribution in [0, 0.1) is 11.6 Å². The summed E-state index contributed by atoms with van der Waals surface area (Å²) in [5, 5.41) is 3.06. The number of rotatable bonds is 10. The number of amides is 1. The normalized spacial score (nSPS) is 12.4. The minimum absolute atomic E-state index is 0.212. The molecule has 2 rings (SSSR count). The van der Waals surface area contributed by atoms with Crippen LogP contribution in [-0.2, 0) is 20.6 Å². The van der Waals surface area contributed by atoms with Crippen molar-refractivity contribution in [3.63, 3.8) is 0 Å². The van der Waals surface area contributed by atoms with Gasteiger partial charge in [0.15, 0.2) is 0 Å². The van der Waals surface area contributed by atoms with E-state index in [1.54, 1.807) is 13.0 Å². The molecule has 0 heterocycles. The highest BCUT2D eigenvalue weighted by molar-refractivity contribution is 7.98. The van der Waals surface area contributed by atoms with Gasteiger partial charge in [-0.1, -0.05) is 24.6 Å². The molecule has 1 atom stereocenters. The van der Waals surface area contributed by atoms with Crippen LogP contribution in [0.1, 0.15) is 18.9 Å². The topological polar surface area (TPSA) is 66.5 Å². The van der Waals surface area contributed by atoms with Gasteiger partial charge in [-0.25, -0.2) is 17.2 Å². The van der Waals surface area contributed by atoms with Gasteiger partial charge < -0.3 is 5.32 Å². The van der Waals surface area contributed by atoms with Crippen LogP contribution in [0.4, 0.5) is 14.5 Å². The molecule has 2 aromatic rings. The summed E-state index contributed by atoms with van der Waals surface area (Å²) in [4.78, 5) is 12.7. The summed E-state index contributed by atoms with van der Waals surface area (Å²) >= 11 is 7.38. The molecule has 0 saturated heterocycles. The Bertz CT molecular complexity index is 952. The molecular weight excluding hydrogens is 454 g/mol. The third kappa shape index (κ3) is 6.58. The fourth-order valence-corrected chi connectivity index (χ4v) is 5.27. The van der Waals surface area contributed by atoms with Crippen molar-refractivity contribution in [2.24, 2.45) is 0 Å². The monoisotopic (exact) mass is 476 g/mol. The van der Waals surface area contributed by atoms with E-state index in [-0.39, 0.29) is 24.5 Å². The Hall–Kier alpha value is -1.84. The van der Waals surface area contributed by atoms with E-state index in [1.165, 1.54) is 36.0 Å². The fourth-order valence-electron chi connectivity index (χ4n) is 2.86. The maximum atomic E-state index is 13.8. The van der Waals surface area contributed by atoms with Crippen molar-refractivity contribution >= 4 is 45.0 Å². The SMILES string of the molecule is CC[C@@H](C(=O)NCCSCc1c(F)cccc1Cl)N(c1ccc(F)cc1)S(C)(=O)=O. The summed E-state index contributed by atoms with van der Waals surface area (Å²) in [6, 6.07) is 8.43. The molecule has 0 aliphatic rings. The van der Waals surface area contributed by atoms with Crippen molar-refractivity contribution < 1.29 is 22.0 Å². The molecule has 1 N–H and O–H groups in total. The van der Waals surface area contributed by atoms with E-state index in [4.69, 9.17) is 11.6 Å². The van der Waals surface area contributed by atoms with E-state index in [9.17, 15) is 22.0 Å². The molecule has 0 aromatic heterocycles. The summed E-state index contributed by atoms with van der Waals surface area (Å²) in [6.45, 7) is 1.97. The predicted molar refractivity (Wildman–Crippen MR) is 118 cm³/mol. The Morgan fingerprint density at radius 2 is 1.87 bits per heavy atom. The third-order valence-corrected chi connectivity index (χ3v) is 6.78. The average molecular weight is 477 g/mol. The molecule has 0 aliphatic heterocycles. The highest BCUT2D eigenvalue weighted by atomic mass is 35.5. The van der Waals surface area contributed by atoms with Crippen LogP contribution in [0.2, 0.25) is 5.02 Å². The van der Waals surface area contributed by atoms with Crippen LogP contribution in [0.25, 0.3) is 0 Å². The van der Waals surface area contributed by atoms with Crippen molar-refractivity contribution in [3.8, 4) is 0 Å². The molecule has 1 amide bonds. The lowest BCUT2D eigenvalue weighted by Crippen LogP contribution is -2.49. The zero-order valence-electron chi connectivity index (χ0n) is 16.6. The molecular formula is C20H23ClF2N2O3S2. The molecule has 0 saturated carbocycles. The summed E-state index contributed by atoms with van der Waals surface area (Å²) < 4.78 is 52.6. The summed E-state index contributed by atoms with van der Waals surface area (Å²) in [6.07, 6.45) is 1.23. The zero-order chi connectivity index (χ0) is 22.3. The lowest BCUT2D eigenvalue weighted by molar-refractivity contribution is -0.122. The van der Waals surface area contributed by atoms with Gasteiger partial charge in [0.1, 0.15) is 17.7 Å². The molecule has 0 unspecified atom stereocenters.